The van der Waals surface area contributed by atoms with Crippen molar-refractivity contribution in [3.05, 3.63) is 179 Å². The largest absolute Gasteiger partial charge is 0.457 e. The van der Waals surface area contributed by atoms with Crippen LogP contribution in [0.15, 0.2) is 146 Å². The van der Waals surface area contributed by atoms with Crippen LogP contribution in [0.1, 0.15) is 113 Å². The van der Waals surface area contributed by atoms with E-state index in [1.807, 2.05) is 6.20 Å². The van der Waals surface area contributed by atoms with Crippen LogP contribution in [0.4, 0.5) is 5.69 Å². The topological polar surface area (TPSA) is 33.5 Å². The van der Waals surface area contributed by atoms with Crippen molar-refractivity contribution >= 4 is 33.2 Å². The number of benzene rings is 5. The maximum absolute atomic E-state index is 7.11. The summed E-state index contributed by atoms with van der Waals surface area (Å²) in [6.07, 6.45) is 13.0. The number of pyridine rings is 1. The molecule has 2 aromatic heterocycles. The molecule has 0 saturated carbocycles. The molecule has 0 fully saturated rings. The molecule has 4 heterocycles. The highest BCUT2D eigenvalue weighted by Crippen LogP contribution is 2.45. The van der Waals surface area contributed by atoms with Crippen LogP contribution in [0.3, 0.4) is 0 Å². The third-order valence-electron chi connectivity index (χ3n) is 12.4. The smallest absolute Gasteiger partial charge is 0.137 e. The van der Waals surface area contributed by atoms with E-state index in [0.29, 0.717) is 17.8 Å². The molecule has 0 amide bonds. The Balaban J connectivity index is 1.24. The van der Waals surface area contributed by atoms with Gasteiger partial charge in [-0.3, -0.25) is 4.57 Å². The number of fused-ring (bicyclic) bond motifs is 4. The van der Waals surface area contributed by atoms with Crippen molar-refractivity contribution in [3.63, 3.8) is 0 Å². The quantitative estimate of drug-likeness (QED) is 0.146. The summed E-state index contributed by atoms with van der Waals surface area (Å²) < 4.78 is 9.40. The van der Waals surface area contributed by atoms with Gasteiger partial charge in [0.2, 0.25) is 0 Å². The first-order valence-corrected chi connectivity index (χ1v) is 22.0. The summed E-state index contributed by atoms with van der Waals surface area (Å²) in [5, 5.41) is 2.35. The van der Waals surface area contributed by atoms with Crippen molar-refractivity contribution in [2.24, 2.45) is 0 Å². The summed E-state index contributed by atoms with van der Waals surface area (Å²) in [4.78, 5) is 9.68. The Morgan fingerprint density at radius 1 is 0.639 bits per heavy atom. The molecule has 0 bridgehead atoms. The van der Waals surface area contributed by atoms with Gasteiger partial charge in [-0.2, -0.15) is 0 Å². The molecule has 308 valence electrons. The van der Waals surface area contributed by atoms with Crippen molar-refractivity contribution in [1.29, 1.82) is 0 Å². The molecule has 0 saturated heterocycles. The van der Waals surface area contributed by atoms with Crippen LogP contribution in [-0.2, 0) is 5.41 Å². The molecule has 0 radical (unpaired) electrons. The average Bonchev–Trinajstić information content (AvgIpc) is 3.79. The summed E-state index contributed by atoms with van der Waals surface area (Å²) in [5.41, 5.74) is 14.6. The van der Waals surface area contributed by atoms with Gasteiger partial charge in [0.15, 0.2) is 0 Å². The highest BCUT2D eigenvalue weighted by atomic mass is 16.5. The predicted octanol–water partition coefficient (Wildman–Crippen LogP) is 15.1. The molecule has 0 N–H and O–H groups in total. The van der Waals surface area contributed by atoms with E-state index < -0.39 is 0 Å². The number of para-hydroxylation sites is 1. The highest BCUT2D eigenvalue weighted by Gasteiger charge is 2.33. The van der Waals surface area contributed by atoms with Crippen LogP contribution in [0.2, 0.25) is 0 Å². The zero-order valence-corrected chi connectivity index (χ0v) is 37.4. The summed E-state index contributed by atoms with van der Waals surface area (Å²) >= 11 is 0. The van der Waals surface area contributed by atoms with E-state index in [2.05, 4.69) is 223 Å². The van der Waals surface area contributed by atoms with Gasteiger partial charge < -0.3 is 14.5 Å². The molecular weight excluding hydrogens is 745 g/mol. The number of nitrogens with zero attached hydrogens (tertiary/aromatic N) is 4. The highest BCUT2D eigenvalue weighted by molar-refractivity contribution is 6.09. The van der Waals surface area contributed by atoms with Crippen molar-refractivity contribution in [1.82, 2.24) is 14.5 Å². The van der Waals surface area contributed by atoms with Gasteiger partial charge in [0.05, 0.1) is 16.7 Å². The molecule has 61 heavy (non-hydrogen) atoms. The Labute approximate surface area is 362 Å². The van der Waals surface area contributed by atoms with E-state index in [9.17, 15) is 0 Å². The lowest BCUT2D eigenvalue weighted by molar-refractivity contribution is 0.470. The SMILES string of the molecule is Cc1ccc(N2C=C(c3cc(Oc4ccc5c6ccccc6n(-c6cc(C(C)(C)C)ccn6)c5c4)cc(-c4c(C(C)C)cc(C(C)C)cc4C(C)C)c3)N3C=CC=CC32)cc1. The molecule has 5 nitrogen and oxygen atoms in total. The maximum Gasteiger partial charge on any atom is 0.137 e. The second-order valence-electron chi connectivity index (χ2n) is 18.9. The molecule has 0 spiro atoms. The van der Waals surface area contributed by atoms with E-state index in [0.717, 1.165) is 56.2 Å². The minimum absolute atomic E-state index is 0.0142. The molecule has 9 rings (SSSR count). The van der Waals surface area contributed by atoms with Crippen molar-refractivity contribution in [2.45, 2.75) is 98.6 Å². The van der Waals surface area contributed by atoms with Gasteiger partial charge in [0.25, 0.3) is 0 Å². The van der Waals surface area contributed by atoms with Crippen LogP contribution in [0, 0.1) is 6.92 Å². The molecule has 1 atom stereocenters. The summed E-state index contributed by atoms with van der Waals surface area (Å²) in [7, 11) is 0. The number of allylic oxidation sites excluding steroid dienone is 2. The zero-order valence-electron chi connectivity index (χ0n) is 37.4. The summed E-state index contributed by atoms with van der Waals surface area (Å²) in [5.74, 6) is 3.56. The number of aryl methyl sites for hydroxylation is 1. The number of hydrogen-bond acceptors (Lipinski definition) is 4. The Kier molecular flexibility index (Phi) is 10.3. The molecule has 5 heteroatoms. The fourth-order valence-corrected chi connectivity index (χ4v) is 9.02. The van der Waals surface area contributed by atoms with Gasteiger partial charge in [-0.15, -0.1) is 0 Å². The second-order valence-corrected chi connectivity index (χ2v) is 18.9. The zero-order chi connectivity index (χ0) is 42.7. The first-order valence-electron chi connectivity index (χ1n) is 22.0. The van der Waals surface area contributed by atoms with E-state index in [4.69, 9.17) is 9.72 Å². The van der Waals surface area contributed by atoms with Crippen LogP contribution in [0.5, 0.6) is 11.5 Å². The summed E-state index contributed by atoms with van der Waals surface area (Å²) in [6.45, 7) is 22.8. The van der Waals surface area contributed by atoms with E-state index in [1.54, 1.807) is 0 Å². The van der Waals surface area contributed by atoms with E-state index in [-0.39, 0.29) is 11.6 Å². The van der Waals surface area contributed by atoms with Gasteiger partial charge >= 0.3 is 0 Å². The van der Waals surface area contributed by atoms with E-state index >= 15 is 0 Å². The van der Waals surface area contributed by atoms with E-state index in [1.165, 1.54) is 38.8 Å². The van der Waals surface area contributed by atoms with Gasteiger partial charge in [-0.1, -0.05) is 116 Å². The normalized spacial score (nSPS) is 15.2. The van der Waals surface area contributed by atoms with Crippen LogP contribution in [0.25, 0.3) is 44.4 Å². The first-order chi connectivity index (χ1) is 29.2. The second kappa shape index (κ2) is 15.6. The fourth-order valence-electron chi connectivity index (χ4n) is 9.02. The van der Waals surface area contributed by atoms with Gasteiger partial charge in [0, 0.05) is 46.7 Å². The van der Waals surface area contributed by atoms with Crippen LogP contribution in [-0.4, -0.2) is 20.6 Å². The predicted molar refractivity (Wildman–Crippen MR) is 257 cm³/mol. The Hall–Kier alpha value is -6.33. The Morgan fingerprint density at radius 2 is 1.34 bits per heavy atom. The molecule has 1 unspecified atom stereocenters. The van der Waals surface area contributed by atoms with Gasteiger partial charge in [0.1, 0.15) is 23.5 Å². The standard InChI is InChI=1S/C56H58N4O/c1-35(2)39-30-48(36(3)4)55(49(31-39)37(5)6)41-27-40(52-34-59(43-20-18-38(7)19-21-43)54-17-13-14-26-58(52)54)28-45(29-41)61-44-22-23-47-46-15-11-12-16-50(46)60(51(47)33-44)53-32-42(24-25-57-53)56(8,9)10/h11-37,54H,1-10H3. The van der Waals surface area contributed by atoms with Crippen LogP contribution < -0.4 is 9.64 Å². The molecule has 2 aliphatic heterocycles. The molecule has 0 aliphatic carbocycles. The number of rotatable bonds is 9. The van der Waals surface area contributed by atoms with Crippen LogP contribution >= 0.6 is 0 Å². The fraction of sp³-hybridized carbons (Fsp3) is 0.268. The first kappa shape index (κ1) is 40.1. The third-order valence-corrected chi connectivity index (χ3v) is 12.4. The lowest BCUT2D eigenvalue weighted by Gasteiger charge is -2.31. The summed E-state index contributed by atoms with van der Waals surface area (Å²) in [6, 6.07) is 40.0. The van der Waals surface area contributed by atoms with Crippen molar-refractivity contribution in [2.75, 3.05) is 4.90 Å². The molecular formula is C56H58N4O. The average molecular weight is 803 g/mol. The van der Waals surface area contributed by atoms with Crippen molar-refractivity contribution in [3.8, 4) is 28.4 Å². The maximum atomic E-state index is 7.11. The monoisotopic (exact) mass is 802 g/mol. The molecule has 2 aliphatic rings. The number of ether oxygens (including phenoxy) is 1. The lowest BCUT2D eigenvalue weighted by atomic mass is 9.81. The lowest BCUT2D eigenvalue weighted by Crippen LogP contribution is -2.36. The molecule has 7 aromatic rings. The number of hydrogen-bond donors (Lipinski definition) is 0. The van der Waals surface area contributed by atoms with Gasteiger partial charge in [-0.25, -0.2) is 4.98 Å². The van der Waals surface area contributed by atoms with Gasteiger partial charge in [-0.05, 0) is 136 Å². The number of aromatic nitrogens is 2. The van der Waals surface area contributed by atoms with Crippen molar-refractivity contribution < 1.29 is 4.74 Å². The minimum Gasteiger partial charge on any atom is -0.457 e. The Bertz CT molecular complexity index is 2850. The molecule has 5 aromatic carbocycles. The Morgan fingerprint density at radius 3 is 2.05 bits per heavy atom. The number of anilines is 1. The minimum atomic E-state index is -0.0142. The third kappa shape index (κ3) is 7.45.